The molecule has 2 rings (SSSR count). The van der Waals surface area contributed by atoms with E-state index in [2.05, 4.69) is 12.2 Å². The maximum atomic E-state index is 5.55. The van der Waals surface area contributed by atoms with Crippen molar-refractivity contribution < 1.29 is 4.74 Å². The predicted molar refractivity (Wildman–Crippen MR) is 67.5 cm³/mol. The van der Waals surface area contributed by atoms with Gasteiger partial charge < -0.3 is 10.1 Å². The minimum atomic E-state index is 0.891. The van der Waals surface area contributed by atoms with Crippen LogP contribution < -0.4 is 5.32 Å². The lowest BCUT2D eigenvalue weighted by molar-refractivity contribution is 0.131. The second kappa shape index (κ2) is 6.61. The van der Waals surface area contributed by atoms with Crippen molar-refractivity contribution in [2.45, 2.75) is 45.4 Å². The molecule has 0 aromatic heterocycles. The van der Waals surface area contributed by atoms with Crippen LogP contribution in [0.3, 0.4) is 0 Å². The predicted octanol–water partition coefficient (Wildman–Crippen LogP) is 2.83. The SMILES string of the molecule is CCCCOCCNCC(C1CC1)C1CC1. The Morgan fingerprint density at radius 3 is 2.38 bits per heavy atom. The highest BCUT2D eigenvalue weighted by Crippen LogP contribution is 2.48. The largest absolute Gasteiger partial charge is 0.380 e. The van der Waals surface area contributed by atoms with Crippen molar-refractivity contribution >= 4 is 0 Å². The zero-order valence-electron chi connectivity index (χ0n) is 10.7. The summed E-state index contributed by atoms with van der Waals surface area (Å²) in [7, 11) is 0. The average Bonchev–Trinajstić information content (AvgIpc) is 3.16. The van der Waals surface area contributed by atoms with Crippen molar-refractivity contribution in [3.05, 3.63) is 0 Å². The minimum Gasteiger partial charge on any atom is -0.380 e. The summed E-state index contributed by atoms with van der Waals surface area (Å²) in [6.07, 6.45) is 8.42. The summed E-state index contributed by atoms with van der Waals surface area (Å²) in [4.78, 5) is 0. The molecule has 2 fully saturated rings. The van der Waals surface area contributed by atoms with Crippen LogP contribution in [-0.4, -0.2) is 26.3 Å². The van der Waals surface area contributed by atoms with Gasteiger partial charge in [0.15, 0.2) is 0 Å². The Bertz CT molecular complexity index is 175. The van der Waals surface area contributed by atoms with Gasteiger partial charge in [0, 0.05) is 13.2 Å². The third kappa shape index (κ3) is 4.42. The summed E-state index contributed by atoms with van der Waals surface area (Å²) in [5.41, 5.74) is 0. The summed E-state index contributed by atoms with van der Waals surface area (Å²) in [5, 5.41) is 3.58. The van der Waals surface area contributed by atoms with Crippen molar-refractivity contribution in [1.29, 1.82) is 0 Å². The van der Waals surface area contributed by atoms with E-state index in [1.165, 1.54) is 45.1 Å². The molecule has 2 nitrogen and oxygen atoms in total. The molecule has 0 atom stereocenters. The first-order valence-corrected chi connectivity index (χ1v) is 7.20. The lowest BCUT2D eigenvalue weighted by Gasteiger charge is -2.16. The topological polar surface area (TPSA) is 21.3 Å². The smallest absolute Gasteiger partial charge is 0.0590 e. The Hall–Kier alpha value is -0.0800. The molecule has 0 saturated heterocycles. The van der Waals surface area contributed by atoms with E-state index in [0.29, 0.717) is 0 Å². The van der Waals surface area contributed by atoms with E-state index in [4.69, 9.17) is 4.74 Å². The fourth-order valence-electron chi connectivity index (χ4n) is 2.53. The molecule has 0 radical (unpaired) electrons. The van der Waals surface area contributed by atoms with Crippen LogP contribution in [0.15, 0.2) is 0 Å². The molecule has 2 heteroatoms. The number of ether oxygens (including phenoxy) is 1. The number of hydrogen-bond acceptors (Lipinski definition) is 2. The van der Waals surface area contributed by atoms with Crippen LogP contribution in [0.1, 0.15) is 45.4 Å². The van der Waals surface area contributed by atoms with Crippen LogP contribution in [0.25, 0.3) is 0 Å². The zero-order chi connectivity index (χ0) is 11.2. The van der Waals surface area contributed by atoms with Crippen molar-refractivity contribution in [2.24, 2.45) is 17.8 Å². The minimum absolute atomic E-state index is 0.891. The standard InChI is InChI=1S/C14H27NO/c1-2-3-9-16-10-8-15-11-14(12-4-5-12)13-6-7-13/h12-15H,2-11H2,1H3. The summed E-state index contributed by atoms with van der Waals surface area (Å²) in [5.74, 6) is 3.14. The quantitative estimate of drug-likeness (QED) is 0.577. The number of nitrogens with one attached hydrogen (secondary N) is 1. The molecule has 16 heavy (non-hydrogen) atoms. The maximum Gasteiger partial charge on any atom is 0.0590 e. The van der Waals surface area contributed by atoms with Gasteiger partial charge in [-0.3, -0.25) is 0 Å². The van der Waals surface area contributed by atoms with Crippen molar-refractivity contribution in [3.8, 4) is 0 Å². The first-order valence-electron chi connectivity index (χ1n) is 7.20. The molecule has 0 unspecified atom stereocenters. The lowest BCUT2D eigenvalue weighted by Crippen LogP contribution is -2.28. The van der Waals surface area contributed by atoms with E-state index in [1.807, 2.05) is 0 Å². The first kappa shape index (κ1) is 12.4. The van der Waals surface area contributed by atoms with Gasteiger partial charge in [0.2, 0.25) is 0 Å². The van der Waals surface area contributed by atoms with Crippen LogP contribution in [0.5, 0.6) is 0 Å². The van der Waals surface area contributed by atoms with E-state index in [9.17, 15) is 0 Å². The molecule has 0 aromatic carbocycles. The van der Waals surface area contributed by atoms with Gasteiger partial charge >= 0.3 is 0 Å². The normalized spacial score (nSPS) is 20.6. The first-order chi connectivity index (χ1) is 7.92. The molecule has 0 aromatic rings. The molecule has 0 spiro atoms. The molecule has 2 aliphatic carbocycles. The Balaban J connectivity index is 1.44. The van der Waals surface area contributed by atoms with E-state index >= 15 is 0 Å². The summed E-state index contributed by atoms with van der Waals surface area (Å²) >= 11 is 0. The van der Waals surface area contributed by atoms with Gasteiger partial charge in [-0.25, -0.2) is 0 Å². The Kier molecular flexibility index (Phi) is 5.11. The van der Waals surface area contributed by atoms with Gasteiger partial charge in [-0.2, -0.15) is 0 Å². The molecular formula is C14H27NO. The number of hydrogen-bond donors (Lipinski definition) is 1. The van der Waals surface area contributed by atoms with E-state index in [1.54, 1.807) is 0 Å². The maximum absolute atomic E-state index is 5.55. The van der Waals surface area contributed by atoms with Crippen LogP contribution in [-0.2, 0) is 4.74 Å². The molecule has 2 aliphatic rings. The summed E-state index contributed by atoms with van der Waals surface area (Å²) in [6, 6.07) is 0. The Labute approximate surface area is 100 Å². The molecule has 94 valence electrons. The van der Waals surface area contributed by atoms with Gasteiger partial charge in [-0.1, -0.05) is 13.3 Å². The number of unbranched alkanes of at least 4 members (excludes halogenated alkanes) is 1. The van der Waals surface area contributed by atoms with Crippen LogP contribution >= 0.6 is 0 Å². The third-order valence-corrected chi connectivity index (χ3v) is 3.90. The van der Waals surface area contributed by atoms with Crippen LogP contribution in [0.4, 0.5) is 0 Å². The molecular weight excluding hydrogens is 198 g/mol. The molecule has 0 aliphatic heterocycles. The van der Waals surface area contributed by atoms with E-state index < -0.39 is 0 Å². The zero-order valence-corrected chi connectivity index (χ0v) is 10.7. The van der Waals surface area contributed by atoms with Gasteiger partial charge in [0.1, 0.15) is 0 Å². The highest BCUT2D eigenvalue weighted by atomic mass is 16.5. The summed E-state index contributed by atoms with van der Waals surface area (Å²) < 4.78 is 5.55. The average molecular weight is 225 g/mol. The van der Waals surface area contributed by atoms with E-state index in [0.717, 1.165) is 37.5 Å². The number of rotatable bonds is 10. The van der Waals surface area contributed by atoms with Gasteiger partial charge in [-0.05, 0) is 56.4 Å². The van der Waals surface area contributed by atoms with Crippen LogP contribution in [0.2, 0.25) is 0 Å². The van der Waals surface area contributed by atoms with Gasteiger partial charge in [0.05, 0.1) is 6.61 Å². The van der Waals surface area contributed by atoms with Crippen LogP contribution in [0, 0.1) is 17.8 Å². The molecule has 0 bridgehead atoms. The lowest BCUT2D eigenvalue weighted by atomic mass is 9.98. The highest BCUT2D eigenvalue weighted by Gasteiger charge is 2.40. The van der Waals surface area contributed by atoms with Crippen molar-refractivity contribution in [1.82, 2.24) is 5.32 Å². The fraction of sp³-hybridized carbons (Fsp3) is 1.00. The second-order valence-electron chi connectivity index (χ2n) is 5.51. The van der Waals surface area contributed by atoms with Crippen molar-refractivity contribution in [3.63, 3.8) is 0 Å². The fourth-order valence-corrected chi connectivity index (χ4v) is 2.53. The Morgan fingerprint density at radius 1 is 1.12 bits per heavy atom. The highest BCUT2D eigenvalue weighted by molar-refractivity contribution is 4.92. The Morgan fingerprint density at radius 2 is 1.81 bits per heavy atom. The molecule has 0 heterocycles. The monoisotopic (exact) mass is 225 g/mol. The van der Waals surface area contributed by atoms with Crippen molar-refractivity contribution in [2.75, 3.05) is 26.3 Å². The molecule has 2 saturated carbocycles. The van der Waals surface area contributed by atoms with Gasteiger partial charge in [0.25, 0.3) is 0 Å². The van der Waals surface area contributed by atoms with Gasteiger partial charge in [-0.15, -0.1) is 0 Å². The summed E-state index contributed by atoms with van der Waals surface area (Å²) in [6.45, 7) is 6.32. The third-order valence-electron chi connectivity index (χ3n) is 3.90. The second-order valence-corrected chi connectivity index (χ2v) is 5.51. The molecule has 0 amide bonds. The van der Waals surface area contributed by atoms with E-state index in [-0.39, 0.29) is 0 Å². The molecule has 1 N–H and O–H groups in total.